The van der Waals surface area contributed by atoms with E-state index in [-0.39, 0.29) is 17.8 Å². The number of ether oxygens (including phenoxy) is 1. The van der Waals surface area contributed by atoms with Gasteiger partial charge in [-0.25, -0.2) is 0 Å². The summed E-state index contributed by atoms with van der Waals surface area (Å²) in [7, 11) is 1.54. The maximum atomic E-state index is 11.9. The monoisotopic (exact) mass is 295 g/mol. The van der Waals surface area contributed by atoms with E-state index in [0.717, 1.165) is 0 Å². The summed E-state index contributed by atoms with van der Waals surface area (Å²) in [5.74, 6) is -0.0576. The average Bonchev–Trinajstić information content (AvgIpc) is 2.31. The van der Waals surface area contributed by atoms with Gasteiger partial charge in [-0.1, -0.05) is 23.2 Å². The molecule has 1 unspecified atom stereocenters. The van der Waals surface area contributed by atoms with E-state index in [1.54, 1.807) is 12.1 Å². The Balaban J connectivity index is 2.78. The van der Waals surface area contributed by atoms with Crippen molar-refractivity contribution in [2.24, 2.45) is 0 Å². The number of carbonyl (C=O) groups is 1. The molecule has 1 rings (SSSR count). The van der Waals surface area contributed by atoms with Crippen molar-refractivity contribution in [2.75, 3.05) is 19.6 Å². The van der Waals surface area contributed by atoms with E-state index in [0.29, 0.717) is 22.2 Å². The molecule has 6 heteroatoms. The van der Waals surface area contributed by atoms with Gasteiger partial charge in [0.1, 0.15) is 0 Å². The topological polar surface area (TPSA) is 38.3 Å². The summed E-state index contributed by atoms with van der Waals surface area (Å²) < 4.78 is 4.93. The minimum absolute atomic E-state index is 0.260. The van der Waals surface area contributed by atoms with E-state index in [1.165, 1.54) is 13.2 Å². The van der Waals surface area contributed by atoms with E-state index in [4.69, 9.17) is 39.5 Å². The SMILES string of the molecule is COCC(CCl)NC(=O)c1cc(Cl)ccc1Cl. The van der Waals surface area contributed by atoms with Crippen molar-refractivity contribution in [2.45, 2.75) is 6.04 Å². The lowest BCUT2D eigenvalue weighted by Gasteiger charge is -2.15. The lowest BCUT2D eigenvalue weighted by Crippen LogP contribution is -2.39. The van der Waals surface area contributed by atoms with Crippen molar-refractivity contribution >= 4 is 40.7 Å². The number of alkyl halides is 1. The molecule has 0 aliphatic heterocycles. The molecule has 0 fully saturated rings. The van der Waals surface area contributed by atoms with E-state index in [9.17, 15) is 4.79 Å². The normalized spacial score (nSPS) is 12.2. The molecule has 1 atom stereocenters. The van der Waals surface area contributed by atoms with E-state index >= 15 is 0 Å². The van der Waals surface area contributed by atoms with Crippen LogP contribution in [0.2, 0.25) is 10.0 Å². The van der Waals surface area contributed by atoms with Crippen LogP contribution in [0.3, 0.4) is 0 Å². The van der Waals surface area contributed by atoms with Crippen LogP contribution in [-0.2, 0) is 4.74 Å². The molecule has 1 aromatic rings. The van der Waals surface area contributed by atoms with Gasteiger partial charge < -0.3 is 10.1 Å². The molecule has 0 saturated heterocycles. The van der Waals surface area contributed by atoms with Crippen LogP contribution in [0.25, 0.3) is 0 Å². The number of benzene rings is 1. The highest BCUT2D eigenvalue weighted by Gasteiger charge is 2.15. The van der Waals surface area contributed by atoms with Gasteiger partial charge in [0.2, 0.25) is 0 Å². The van der Waals surface area contributed by atoms with Crippen molar-refractivity contribution < 1.29 is 9.53 Å². The third-order valence-electron chi connectivity index (χ3n) is 2.06. The molecule has 94 valence electrons. The summed E-state index contributed by atoms with van der Waals surface area (Å²) in [5.41, 5.74) is 0.324. The number of nitrogens with one attached hydrogen (secondary N) is 1. The number of hydrogen-bond acceptors (Lipinski definition) is 2. The van der Waals surface area contributed by atoms with Crippen molar-refractivity contribution in [1.29, 1.82) is 0 Å². The maximum absolute atomic E-state index is 11.9. The zero-order valence-corrected chi connectivity index (χ0v) is 11.4. The zero-order valence-electron chi connectivity index (χ0n) is 9.17. The number of halogens is 3. The highest BCUT2D eigenvalue weighted by Crippen LogP contribution is 2.20. The summed E-state index contributed by atoms with van der Waals surface area (Å²) in [4.78, 5) is 11.9. The molecule has 1 N–H and O–H groups in total. The largest absolute Gasteiger partial charge is 0.383 e. The van der Waals surface area contributed by atoms with Crippen molar-refractivity contribution in [1.82, 2.24) is 5.32 Å². The Morgan fingerprint density at radius 1 is 1.47 bits per heavy atom. The quantitative estimate of drug-likeness (QED) is 0.848. The summed E-state index contributed by atoms with van der Waals surface area (Å²) in [6, 6.07) is 4.45. The Hall–Kier alpha value is -0.480. The Kier molecular flexibility index (Phi) is 6.06. The Morgan fingerprint density at radius 3 is 2.76 bits per heavy atom. The van der Waals surface area contributed by atoms with Crippen LogP contribution in [0.15, 0.2) is 18.2 Å². The van der Waals surface area contributed by atoms with Crippen molar-refractivity contribution in [3.05, 3.63) is 33.8 Å². The zero-order chi connectivity index (χ0) is 12.8. The van der Waals surface area contributed by atoms with Crippen LogP contribution >= 0.6 is 34.8 Å². The predicted molar refractivity (Wildman–Crippen MR) is 70.3 cm³/mol. The van der Waals surface area contributed by atoms with E-state index in [1.807, 2.05) is 0 Å². The first-order valence-corrected chi connectivity index (χ1v) is 6.18. The third-order valence-corrected chi connectivity index (χ3v) is 3.00. The first-order valence-electron chi connectivity index (χ1n) is 4.89. The van der Waals surface area contributed by atoms with Gasteiger partial charge in [-0.05, 0) is 18.2 Å². The molecule has 3 nitrogen and oxygen atoms in total. The highest BCUT2D eigenvalue weighted by atomic mass is 35.5. The maximum Gasteiger partial charge on any atom is 0.253 e. The van der Waals surface area contributed by atoms with Crippen molar-refractivity contribution in [3.63, 3.8) is 0 Å². The number of amides is 1. The number of carbonyl (C=O) groups excluding carboxylic acids is 1. The second-order valence-corrected chi connectivity index (χ2v) is 4.56. The molecule has 0 aliphatic carbocycles. The molecule has 0 aromatic heterocycles. The fraction of sp³-hybridized carbons (Fsp3) is 0.364. The highest BCUT2D eigenvalue weighted by molar-refractivity contribution is 6.35. The van der Waals surface area contributed by atoms with Crippen LogP contribution in [-0.4, -0.2) is 31.5 Å². The van der Waals surface area contributed by atoms with Gasteiger partial charge in [-0.3, -0.25) is 4.79 Å². The number of methoxy groups -OCH3 is 1. The van der Waals surface area contributed by atoms with Gasteiger partial charge in [0.25, 0.3) is 5.91 Å². The smallest absolute Gasteiger partial charge is 0.253 e. The second kappa shape index (κ2) is 7.07. The molecule has 0 bridgehead atoms. The first-order chi connectivity index (χ1) is 8.08. The summed E-state index contributed by atoms with van der Waals surface area (Å²) >= 11 is 17.4. The molecular formula is C11H12Cl3NO2. The lowest BCUT2D eigenvalue weighted by molar-refractivity contribution is 0.0907. The van der Waals surface area contributed by atoms with Gasteiger partial charge in [-0.2, -0.15) is 0 Å². The summed E-state index contributed by atoms with van der Waals surface area (Å²) in [6.45, 7) is 0.341. The standard InChI is InChI=1S/C11H12Cl3NO2/c1-17-6-8(5-12)15-11(16)9-4-7(13)2-3-10(9)14/h2-4,8H,5-6H2,1H3,(H,15,16). The fourth-order valence-electron chi connectivity index (χ4n) is 1.26. The van der Waals surface area contributed by atoms with Crippen LogP contribution in [0.4, 0.5) is 0 Å². The summed E-state index contributed by atoms with van der Waals surface area (Å²) in [5, 5.41) is 3.51. The number of hydrogen-bond donors (Lipinski definition) is 1. The van der Waals surface area contributed by atoms with Crippen molar-refractivity contribution in [3.8, 4) is 0 Å². The molecule has 1 amide bonds. The number of rotatable bonds is 5. The Morgan fingerprint density at radius 2 is 2.18 bits per heavy atom. The second-order valence-electron chi connectivity index (χ2n) is 3.40. The Labute approximate surface area is 115 Å². The predicted octanol–water partition coefficient (Wildman–Crippen LogP) is 2.98. The molecular weight excluding hydrogens is 284 g/mol. The molecule has 0 aliphatic rings. The summed E-state index contributed by atoms with van der Waals surface area (Å²) in [6.07, 6.45) is 0. The minimum atomic E-state index is -0.319. The molecule has 0 radical (unpaired) electrons. The van der Waals surface area contributed by atoms with E-state index in [2.05, 4.69) is 5.32 Å². The third kappa shape index (κ3) is 4.36. The molecule has 0 spiro atoms. The van der Waals surface area contributed by atoms with Crippen LogP contribution in [0.5, 0.6) is 0 Å². The minimum Gasteiger partial charge on any atom is -0.383 e. The molecule has 17 heavy (non-hydrogen) atoms. The van der Waals surface area contributed by atoms with Crippen LogP contribution < -0.4 is 5.32 Å². The average molecular weight is 297 g/mol. The lowest BCUT2D eigenvalue weighted by atomic mass is 10.2. The first kappa shape index (κ1) is 14.6. The van der Waals surface area contributed by atoms with E-state index < -0.39 is 0 Å². The van der Waals surface area contributed by atoms with Gasteiger partial charge in [0.05, 0.1) is 23.2 Å². The molecule has 0 heterocycles. The van der Waals surface area contributed by atoms with Crippen LogP contribution in [0, 0.1) is 0 Å². The van der Waals surface area contributed by atoms with Gasteiger partial charge in [0.15, 0.2) is 0 Å². The van der Waals surface area contributed by atoms with Gasteiger partial charge >= 0.3 is 0 Å². The molecule has 0 saturated carbocycles. The fourth-order valence-corrected chi connectivity index (χ4v) is 1.80. The van der Waals surface area contributed by atoms with Gasteiger partial charge in [-0.15, -0.1) is 11.6 Å². The Bertz CT molecular complexity index is 398. The van der Waals surface area contributed by atoms with Crippen LogP contribution in [0.1, 0.15) is 10.4 Å². The van der Waals surface area contributed by atoms with Gasteiger partial charge in [0, 0.05) is 18.0 Å². The molecule has 1 aromatic carbocycles.